The van der Waals surface area contributed by atoms with Crippen molar-refractivity contribution in [3.05, 3.63) is 87.7 Å². The molecule has 4 rings (SSSR count). The fourth-order valence-electron chi connectivity index (χ4n) is 3.65. The number of hydrogen-bond acceptors (Lipinski definition) is 4. The first-order valence-corrected chi connectivity index (χ1v) is 10.7. The first kappa shape index (κ1) is 21.5. The smallest absolute Gasteiger partial charge is 0.230 e. The van der Waals surface area contributed by atoms with Crippen LogP contribution in [0.1, 0.15) is 16.8 Å². The van der Waals surface area contributed by atoms with Crippen molar-refractivity contribution in [2.24, 2.45) is 5.92 Å². The molecule has 0 aliphatic carbocycles. The van der Waals surface area contributed by atoms with Crippen molar-refractivity contribution in [2.75, 3.05) is 13.7 Å². The van der Waals surface area contributed by atoms with Gasteiger partial charge in [0.15, 0.2) is 0 Å². The molecule has 0 saturated carbocycles. The summed E-state index contributed by atoms with van der Waals surface area (Å²) in [5, 5.41) is 0.953. The Kier molecular flexibility index (Phi) is 6.64. The third-order valence-corrected chi connectivity index (χ3v) is 6.02. The molecule has 7 heteroatoms. The molecular weight excluding hydrogens is 435 g/mol. The van der Waals surface area contributed by atoms with Gasteiger partial charge in [0.05, 0.1) is 35.3 Å². The van der Waals surface area contributed by atoms with Crippen LogP contribution in [0.2, 0.25) is 10.0 Å². The molecule has 1 aliphatic heterocycles. The van der Waals surface area contributed by atoms with Crippen LogP contribution in [-0.2, 0) is 24.3 Å². The minimum atomic E-state index is -0.285. The zero-order valence-electron chi connectivity index (χ0n) is 17.1. The van der Waals surface area contributed by atoms with E-state index >= 15 is 0 Å². The Labute approximate surface area is 191 Å². The number of ether oxygens (including phenoxy) is 2. The number of pyridine rings is 1. The van der Waals surface area contributed by atoms with Crippen molar-refractivity contribution >= 4 is 29.1 Å². The van der Waals surface area contributed by atoms with E-state index in [0.717, 1.165) is 28.3 Å². The first-order chi connectivity index (χ1) is 15.0. The van der Waals surface area contributed by atoms with Crippen molar-refractivity contribution < 1.29 is 14.3 Å². The average molecular weight is 457 g/mol. The van der Waals surface area contributed by atoms with E-state index in [2.05, 4.69) is 4.98 Å². The molecule has 1 aliphatic rings. The number of nitrogens with zero attached hydrogens (tertiary/aromatic N) is 2. The molecule has 2 heterocycles. The number of carbonyl (C=O) groups is 1. The molecule has 0 N–H and O–H groups in total. The molecule has 5 nitrogen and oxygen atoms in total. The molecule has 0 spiro atoms. The van der Waals surface area contributed by atoms with Gasteiger partial charge in [0, 0.05) is 18.8 Å². The van der Waals surface area contributed by atoms with Crippen LogP contribution in [0.3, 0.4) is 0 Å². The first-order valence-electron chi connectivity index (χ1n) is 9.96. The van der Waals surface area contributed by atoms with E-state index in [9.17, 15) is 4.79 Å². The van der Waals surface area contributed by atoms with Gasteiger partial charge in [0.1, 0.15) is 18.1 Å². The van der Waals surface area contributed by atoms with Gasteiger partial charge >= 0.3 is 0 Å². The van der Waals surface area contributed by atoms with Crippen LogP contribution >= 0.6 is 23.2 Å². The van der Waals surface area contributed by atoms with Gasteiger partial charge in [-0.1, -0.05) is 41.4 Å². The summed E-state index contributed by atoms with van der Waals surface area (Å²) < 4.78 is 11.2. The van der Waals surface area contributed by atoms with Crippen molar-refractivity contribution in [2.45, 2.75) is 19.5 Å². The van der Waals surface area contributed by atoms with Gasteiger partial charge < -0.3 is 14.4 Å². The Balaban J connectivity index is 1.56. The van der Waals surface area contributed by atoms with Gasteiger partial charge in [-0.3, -0.25) is 9.78 Å². The topological polar surface area (TPSA) is 51.7 Å². The summed E-state index contributed by atoms with van der Waals surface area (Å²) in [6, 6.07) is 16.8. The van der Waals surface area contributed by atoms with Crippen LogP contribution in [0, 0.1) is 5.92 Å². The zero-order valence-corrected chi connectivity index (χ0v) is 18.6. The van der Waals surface area contributed by atoms with Gasteiger partial charge in [-0.05, 0) is 47.9 Å². The van der Waals surface area contributed by atoms with Crippen molar-refractivity contribution in [3.63, 3.8) is 0 Å². The van der Waals surface area contributed by atoms with E-state index in [1.807, 2.05) is 42.5 Å². The molecule has 0 fully saturated rings. The summed E-state index contributed by atoms with van der Waals surface area (Å²) in [5.74, 6) is 1.23. The second-order valence-corrected chi connectivity index (χ2v) is 8.26. The van der Waals surface area contributed by atoms with Gasteiger partial charge in [0.25, 0.3) is 0 Å². The van der Waals surface area contributed by atoms with Gasteiger partial charge in [-0.2, -0.15) is 0 Å². The average Bonchev–Trinajstić information content (AvgIpc) is 2.80. The molecule has 0 radical (unpaired) electrons. The highest BCUT2D eigenvalue weighted by Gasteiger charge is 2.30. The highest BCUT2D eigenvalue weighted by Crippen LogP contribution is 2.32. The Hall–Kier alpha value is -2.76. The minimum Gasteiger partial charge on any atom is -0.497 e. The number of halogens is 2. The predicted molar refractivity (Wildman–Crippen MR) is 121 cm³/mol. The fraction of sp³-hybridized carbons (Fsp3) is 0.250. The SMILES string of the molecule is COc1ccc2c(c1)OCC(C(=O)N(Cc1ccc(Cl)c(Cl)c1)Cc1ccccn1)C2. The maximum absolute atomic E-state index is 13.5. The van der Waals surface area contributed by atoms with E-state index in [1.54, 1.807) is 30.3 Å². The van der Waals surface area contributed by atoms with Gasteiger partial charge in [-0.15, -0.1) is 0 Å². The number of aromatic nitrogens is 1. The second kappa shape index (κ2) is 9.58. The number of carbonyl (C=O) groups excluding carboxylic acids is 1. The molecule has 2 aromatic carbocycles. The molecule has 1 atom stereocenters. The van der Waals surface area contributed by atoms with Gasteiger partial charge in [-0.25, -0.2) is 0 Å². The van der Waals surface area contributed by atoms with Crippen LogP contribution in [-0.4, -0.2) is 29.5 Å². The van der Waals surface area contributed by atoms with Crippen LogP contribution in [0.15, 0.2) is 60.8 Å². The fourth-order valence-corrected chi connectivity index (χ4v) is 3.97. The Bertz CT molecular complexity index is 1080. The summed E-state index contributed by atoms with van der Waals surface area (Å²) >= 11 is 12.2. The predicted octanol–water partition coefficient (Wildman–Crippen LogP) is 5.18. The molecule has 0 saturated heterocycles. The number of rotatable bonds is 6. The molecule has 1 unspecified atom stereocenters. The number of amides is 1. The summed E-state index contributed by atoms with van der Waals surface area (Å²) in [7, 11) is 1.62. The van der Waals surface area contributed by atoms with E-state index in [1.165, 1.54) is 0 Å². The normalized spacial score (nSPS) is 15.0. The van der Waals surface area contributed by atoms with Crippen LogP contribution in [0.5, 0.6) is 11.5 Å². The number of hydrogen-bond donors (Lipinski definition) is 0. The second-order valence-electron chi connectivity index (χ2n) is 7.45. The molecule has 160 valence electrons. The lowest BCUT2D eigenvalue weighted by atomic mass is 9.95. The molecule has 1 amide bonds. The quantitative estimate of drug-likeness (QED) is 0.512. The molecule has 0 bridgehead atoms. The van der Waals surface area contributed by atoms with Crippen LogP contribution in [0.4, 0.5) is 0 Å². The number of methoxy groups -OCH3 is 1. The van der Waals surface area contributed by atoms with Crippen LogP contribution < -0.4 is 9.47 Å². The Morgan fingerprint density at radius 2 is 2.00 bits per heavy atom. The molecule has 31 heavy (non-hydrogen) atoms. The van der Waals surface area contributed by atoms with Crippen LogP contribution in [0.25, 0.3) is 0 Å². The van der Waals surface area contributed by atoms with Crippen molar-refractivity contribution in [1.82, 2.24) is 9.88 Å². The Morgan fingerprint density at radius 3 is 2.74 bits per heavy atom. The third kappa shape index (κ3) is 5.12. The van der Waals surface area contributed by atoms with E-state index in [4.69, 9.17) is 32.7 Å². The summed E-state index contributed by atoms with van der Waals surface area (Å²) in [6.45, 7) is 1.11. The van der Waals surface area contributed by atoms with E-state index < -0.39 is 0 Å². The maximum Gasteiger partial charge on any atom is 0.230 e. The summed E-state index contributed by atoms with van der Waals surface area (Å²) in [5.41, 5.74) is 2.72. The lowest BCUT2D eigenvalue weighted by Gasteiger charge is -2.30. The van der Waals surface area contributed by atoms with E-state index in [0.29, 0.717) is 36.2 Å². The highest BCUT2D eigenvalue weighted by molar-refractivity contribution is 6.42. The standard InChI is InChI=1S/C24H22Cl2N2O3/c1-30-20-7-6-17-11-18(15-31-23(17)12-20)24(29)28(14-19-4-2-3-9-27-19)13-16-5-8-21(25)22(26)10-16/h2-10,12,18H,11,13-15H2,1H3. The lowest BCUT2D eigenvalue weighted by Crippen LogP contribution is -2.40. The molecule has 1 aromatic heterocycles. The minimum absolute atomic E-state index is 0.0122. The zero-order chi connectivity index (χ0) is 21.8. The van der Waals surface area contributed by atoms with Crippen molar-refractivity contribution in [3.8, 4) is 11.5 Å². The number of fused-ring (bicyclic) bond motifs is 1. The lowest BCUT2D eigenvalue weighted by molar-refractivity contribution is -0.138. The molecule has 3 aromatic rings. The highest BCUT2D eigenvalue weighted by atomic mass is 35.5. The molecular formula is C24H22Cl2N2O3. The van der Waals surface area contributed by atoms with E-state index in [-0.39, 0.29) is 11.8 Å². The van der Waals surface area contributed by atoms with Gasteiger partial charge in [0.2, 0.25) is 5.91 Å². The van der Waals surface area contributed by atoms with Crippen molar-refractivity contribution in [1.29, 1.82) is 0 Å². The monoisotopic (exact) mass is 456 g/mol. The summed E-state index contributed by atoms with van der Waals surface area (Å²) in [6.07, 6.45) is 2.34. The summed E-state index contributed by atoms with van der Waals surface area (Å²) in [4.78, 5) is 19.7. The third-order valence-electron chi connectivity index (χ3n) is 5.28. The largest absolute Gasteiger partial charge is 0.497 e. The Morgan fingerprint density at radius 1 is 1.13 bits per heavy atom. The number of benzene rings is 2. The maximum atomic E-state index is 13.5.